The van der Waals surface area contributed by atoms with Gasteiger partial charge in [-0.3, -0.25) is 4.90 Å². The SMILES string of the molecule is O=C(O)c1cn(-c2ccc(C3CCN(CC(F)(F)F)CC3)c(F)c2)nn1. The average molecular weight is 372 g/mol. The molecule has 1 N–H and O–H groups in total. The number of piperidine rings is 1. The molecule has 0 aliphatic carbocycles. The summed E-state index contributed by atoms with van der Waals surface area (Å²) in [5.74, 6) is -1.89. The Morgan fingerprint density at radius 2 is 1.96 bits per heavy atom. The molecule has 1 aliphatic rings. The Balaban J connectivity index is 1.69. The van der Waals surface area contributed by atoms with E-state index < -0.39 is 24.5 Å². The second-order valence-electron chi connectivity index (χ2n) is 6.22. The number of halogens is 4. The van der Waals surface area contributed by atoms with Crippen molar-refractivity contribution in [1.29, 1.82) is 0 Å². The van der Waals surface area contributed by atoms with Crippen molar-refractivity contribution in [3.8, 4) is 5.69 Å². The number of carboxylic acid groups (broad SMARTS) is 1. The van der Waals surface area contributed by atoms with Crippen molar-refractivity contribution in [3.05, 3.63) is 41.5 Å². The van der Waals surface area contributed by atoms with Gasteiger partial charge in [-0.25, -0.2) is 13.9 Å². The predicted octanol–water partition coefficient (Wildman–Crippen LogP) is 2.85. The normalized spacial score (nSPS) is 16.8. The number of hydrogen-bond donors (Lipinski definition) is 1. The highest BCUT2D eigenvalue weighted by Gasteiger charge is 2.33. The van der Waals surface area contributed by atoms with Crippen LogP contribution in [0.25, 0.3) is 5.69 Å². The minimum atomic E-state index is -4.23. The molecule has 0 amide bonds. The number of likely N-dealkylation sites (tertiary alicyclic amines) is 1. The van der Waals surface area contributed by atoms with Crippen LogP contribution in [0.3, 0.4) is 0 Å². The van der Waals surface area contributed by atoms with Crippen LogP contribution in [0, 0.1) is 5.82 Å². The van der Waals surface area contributed by atoms with Crippen LogP contribution in [0.5, 0.6) is 0 Å². The Morgan fingerprint density at radius 1 is 1.27 bits per heavy atom. The summed E-state index contributed by atoms with van der Waals surface area (Å²) in [7, 11) is 0. The van der Waals surface area contributed by atoms with E-state index in [4.69, 9.17) is 5.11 Å². The second kappa shape index (κ2) is 7.02. The Bertz CT molecular complexity index is 798. The minimum absolute atomic E-state index is 0.154. The first kappa shape index (κ1) is 18.3. The van der Waals surface area contributed by atoms with Crippen LogP contribution < -0.4 is 0 Å². The molecule has 0 atom stereocenters. The van der Waals surface area contributed by atoms with E-state index in [1.54, 1.807) is 12.1 Å². The standard InChI is InChI=1S/C16H16F4N4O2/c17-13-7-11(24-8-14(15(25)26)21-22-24)1-2-12(13)10-3-5-23(6-4-10)9-16(18,19)20/h1-2,7-8,10H,3-6,9H2,(H,25,26). The lowest BCUT2D eigenvalue weighted by Gasteiger charge is -2.32. The zero-order valence-electron chi connectivity index (χ0n) is 13.6. The van der Waals surface area contributed by atoms with Gasteiger partial charge in [-0.2, -0.15) is 13.2 Å². The zero-order valence-corrected chi connectivity index (χ0v) is 13.6. The van der Waals surface area contributed by atoms with Crippen molar-refractivity contribution in [2.24, 2.45) is 0 Å². The van der Waals surface area contributed by atoms with Gasteiger partial charge in [0, 0.05) is 0 Å². The monoisotopic (exact) mass is 372 g/mol. The lowest BCUT2D eigenvalue weighted by molar-refractivity contribution is -0.147. The van der Waals surface area contributed by atoms with Gasteiger partial charge in [-0.15, -0.1) is 5.10 Å². The molecule has 10 heteroatoms. The Kier molecular flexibility index (Phi) is 4.94. The molecule has 140 valence electrons. The third-order valence-corrected chi connectivity index (χ3v) is 4.39. The summed E-state index contributed by atoms with van der Waals surface area (Å²) in [6, 6.07) is 4.37. The first-order valence-electron chi connectivity index (χ1n) is 7.97. The van der Waals surface area contributed by atoms with E-state index in [1.807, 2.05) is 0 Å². The van der Waals surface area contributed by atoms with Gasteiger partial charge in [-0.05, 0) is 49.5 Å². The van der Waals surface area contributed by atoms with Gasteiger partial charge >= 0.3 is 12.1 Å². The van der Waals surface area contributed by atoms with Crippen molar-refractivity contribution in [2.45, 2.75) is 24.9 Å². The van der Waals surface area contributed by atoms with Crippen LogP contribution >= 0.6 is 0 Å². The van der Waals surface area contributed by atoms with Crippen LogP contribution in [0.2, 0.25) is 0 Å². The zero-order chi connectivity index (χ0) is 18.9. The molecule has 1 aromatic carbocycles. The van der Waals surface area contributed by atoms with Gasteiger partial charge < -0.3 is 5.11 Å². The molecule has 1 aliphatic heterocycles. The number of aromatic carboxylic acids is 1. The fourth-order valence-electron chi connectivity index (χ4n) is 3.13. The molecular weight excluding hydrogens is 356 g/mol. The quantitative estimate of drug-likeness (QED) is 0.836. The van der Waals surface area contributed by atoms with Crippen LogP contribution in [-0.2, 0) is 0 Å². The molecule has 2 heterocycles. The van der Waals surface area contributed by atoms with Gasteiger partial charge in [0.1, 0.15) is 5.82 Å². The van der Waals surface area contributed by atoms with Crippen molar-refractivity contribution >= 4 is 5.97 Å². The fourth-order valence-corrected chi connectivity index (χ4v) is 3.13. The largest absolute Gasteiger partial charge is 0.476 e. The van der Waals surface area contributed by atoms with E-state index in [1.165, 1.54) is 17.2 Å². The number of carboxylic acids is 1. The van der Waals surface area contributed by atoms with E-state index in [2.05, 4.69) is 10.3 Å². The molecular formula is C16H16F4N4O2. The summed E-state index contributed by atoms with van der Waals surface area (Å²) in [6.45, 7) is -0.424. The molecule has 3 rings (SSSR count). The molecule has 6 nitrogen and oxygen atoms in total. The average Bonchev–Trinajstić information content (AvgIpc) is 3.04. The highest BCUT2D eigenvalue weighted by Crippen LogP contribution is 2.31. The maximum atomic E-state index is 14.5. The first-order chi connectivity index (χ1) is 12.2. The van der Waals surface area contributed by atoms with Crippen molar-refractivity contribution in [3.63, 3.8) is 0 Å². The number of aromatic nitrogens is 3. The van der Waals surface area contributed by atoms with Gasteiger partial charge in [0.05, 0.1) is 18.4 Å². The summed E-state index contributed by atoms with van der Waals surface area (Å²) in [5, 5.41) is 15.9. The summed E-state index contributed by atoms with van der Waals surface area (Å²) in [4.78, 5) is 12.1. The summed E-state index contributed by atoms with van der Waals surface area (Å²) < 4.78 is 52.9. The number of hydrogen-bond acceptors (Lipinski definition) is 4. The summed E-state index contributed by atoms with van der Waals surface area (Å²) >= 11 is 0. The summed E-state index contributed by atoms with van der Waals surface area (Å²) in [6.07, 6.45) is -2.17. The number of alkyl halides is 3. The topological polar surface area (TPSA) is 71.2 Å². The van der Waals surface area contributed by atoms with Crippen molar-refractivity contribution < 1.29 is 27.5 Å². The molecule has 0 bridgehead atoms. The number of rotatable bonds is 4. The molecule has 0 radical (unpaired) electrons. The fraction of sp³-hybridized carbons (Fsp3) is 0.438. The number of nitrogens with zero attached hydrogens (tertiary/aromatic N) is 4. The number of carbonyl (C=O) groups is 1. The molecule has 1 saturated heterocycles. The third-order valence-electron chi connectivity index (χ3n) is 4.39. The molecule has 26 heavy (non-hydrogen) atoms. The van der Waals surface area contributed by atoms with Gasteiger partial charge in [0.25, 0.3) is 0 Å². The molecule has 1 aromatic heterocycles. The number of benzene rings is 1. The Morgan fingerprint density at radius 3 is 2.50 bits per heavy atom. The lowest BCUT2D eigenvalue weighted by Crippen LogP contribution is -2.39. The highest BCUT2D eigenvalue weighted by atomic mass is 19.4. The van der Waals surface area contributed by atoms with Crippen LogP contribution in [0.15, 0.2) is 24.4 Å². The molecule has 1 fully saturated rings. The van der Waals surface area contributed by atoms with Gasteiger partial charge in [0.2, 0.25) is 0 Å². The minimum Gasteiger partial charge on any atom is -0.476 e. The smallest absolute Gasteiger partial charge is 0.401 e. The third kappa shape index (κ3) is 4.18. The van der Waals surface area contributed by atoms with E-state index in [9.17, 15) is 22.4 Å². The van der Waals surface area contributed by atoms with E-state index in [0.29, 0.717) is 24.1 Å². The second-order valence-corrected chi connectivity index (χ2v) is 6.22. The van der Waals surface area contributed by atoms with Crippen LogP contribution in [0.4, 0.5) is 17.6 Å². The maximum Gasteiger partial charge on any atom is 0.401 e. The van der Waals surface area contributed by atoms with Crippen LogP contribution in [-0.4, -0.2) is 56.8 Å². The van der Waals surface area contributed by atoms with Crippen molar-refractivity contribution in [1.82, 2.24) is 19.9 Å². The van der Waals surface area contributed by atoms with Crippen molar-refractivity contribution in [2.75, 3.05) is 19.6 Å². The van der Waals surface area contributed by atoms with Gasteiger partial charge in [-0.1, -0.05) is 11.3 Å². The van der Waals surface area contributed by atoms with E-state index >= 15 is 0 Å². The van der Waals surface area contributed by atoms with E-state index in [-0.39, 0.29) is 24.7 Å². The van der Waals surface area contributed by atoms with Gasteiger partial charge in [0.15, 0.2) is 5.69 Å². The molecule has 0 saturated carbocycles. The van der Waals surface area contributed by atoms with E-state index in [0.717, 1.165) is 4.68 Å². The Labute approximate surface area is 146 Å². The predicted molar refractivity (Wildman–Crippen MR) is 82.7 cm³/mol. The summed E-state index contributed by atoms with van der Waals surface area (Å²) in [5.41, 5.74) is 0.506. The molecule has 0 unspecified atom stereocenters. The lowest BCUT2D eigenvalue weighted by atomic mass is 9.89. The van der Waals surface area contributed by atoms with Crippen LogP contribution in [0.1, 0.15) is 34.8 Å². The molecule has 2 aromatic rings. The first-order valence-corrected chi connectivity index (χ1v) is 7.97. The Hall–Kier alpha value is -2.49. The molecule has 0 spiro atoms. The highest BCUT2D eigenvalue weighted by molar-refractivity contribution is 5.84. The maximum absolute atomic E-state index is 14.5.